The van der Waals surface area contributed by atoms with Gasteiger partial charge in [-0.05, 0) is 17.4 Å². The quantitative estimate of drug-likeness (QED) is 0.867. The molecule has 1 aromatic rings. The van der Waals surface area contributed by atoms with E-state index in [1.165, 1.54) is 12.3 Å². The molecule has 0 amide bonds. The van der Waals surface area contributed by atoms with Crippen LogP contribution in [0.25, 0.3) is 0 Å². The Balaban J connectivity index is 2.68. The molecule has 1 aromatic heterocycles. The van der Waals surface area contributed by atoms with Crippen LogP contribution in [-0.2, 0) is 0 Å². The molecule has 0 aliphatic heterocycles. The summed E-state index contributed by atoms with van der Waals surface area (Å²) >= 11 is 5.63. The van der Waals surface area contributed by atoms with E-state index >= 15 is 0 Å². The molecule has 0 saturated carbocycles. The molecule has 0 saturated heterocycles. The zero-order valence-electron chi connectivity index (χ0n) is 10.1. The van der Waals surface area contributed by atoms with Crippen LogP contribution in [0.3, 0.4) is 0 Å². The minimum absolute atomic E-state index is 0.0910. The van der Waals surface area contributed by atoms with Gasteiger partial charge in [0.05, 0.1) is 5.02 Å². The molecule has 1 heterocycles. The summed E-state index contributed by atoms with van der Waals surface area (Å²) in [5, 5.41) is 3.33. The van der Waals surface area contributed by atoms with Crippen molar-refractivity contribution in [3.05, 3.63) is 23.1 Å². The molecule has 0 spiro atoms. The predicted octanol–water partition coefficient (Wildman–Crippen LogP) is 3.97. The van der Waals surface area contributed by atoms with E-state index in [0.29, 0.717) is 17.5 Å². The van der Waals surface area contributed by atoms with Crippen molar-refractivity contribution in [2.75, 3.05) is 11.9 Å². The summed E-state index contributed by atoms with van der Waals surface area (Å²) < 4.78 is 13.4. The lowest BCUT2D eigenvalue weighted by atomic mass is 9.81. The van der Waals surface area contributed by atoms with Crippen LogP contribution in [0.4, 0.5) is 10.2 Å². The van der Waals surface area contributed by atoms with Crippen molar-refractivity contribution in [2.45, 2.75) is 27.7 Å². The smallest absolute Gasteiger partial charge is 0.166 e. The number of rotatable bonds is 4. The monoisotopic (exact) mass is 244 g/mol. The second-order valence-corrected chi connectivity index (χ2v) is 5.42. The van der Waals surface area contributed by atoms with Crippen LogP contribution in [0, 0.1) is 17.2 Å². The number of pyridine rings is 1. The van der Waals surface area contributed by atoms with E-state index in [0.717, 1.165) is 0 Å². The lowest BCUT2D eigenvalue weighted by Gasteiger charge is -2.29. The number of nitrogens with zero attached hydrogens (tertiary/aromatic N) is 1. The van der Waals surface area contributed by atoms with Gasteiger partial charge in [0, 0.05) is 12.7 Å². The predicted molar refractivity (Wildman–Crippen MR) is 66.3 cm³/mol. The molecule has 0 aliphatic rings. The van der Waals surface area contributed by atoms with Crippen molar-refractivity contribution in [3.8, 4) is 0 Å². The van der Waals surface area contributed by atoms with Gasteiger partial charge in [-0.15, -0.1) is 0 Å². The Morgan fingerprint density at radius 1 is 1.50 bits per heavy atom. The Kier molecular flexibility index (Phi) is 4.14. The highest BCUT2D eigenvalue weighted by atomic mass is 35.5. The third-order valence-corrected chi connectivity index (χ3v) is 3.29. The molecule has 2 nitrogen and oxygen atoms in total. The highest BCUT2D eigenvalue weighted by Gasteiger charge is 2.22. The van der Waals surface area contributed by atoms with Crippen molar-refractivity contribution in [1.82, 2.24) is 4.98 Å². The first-order valence-corrected chi connectivity index (χ1v) is 5.75. The summed E-state index contributed by atoms with van der Waals surface area (Å²) in [6, 6.07) is 1.26. The van der Waals surface area contributed by atoms with Gasteiger partial charge in [-0.2, -0.15) is 0 Å². The maximum atomic E-state index is 13.4. The fourth-order valence-corrected chi connectivity index (χ4v) is 1.20. The molecule has 0 atom stereocenters. The van der Waals surface area contributed by atoms with Gasteiger partial charge in [-0.1, -0.05) is 39.3 Å². The lowest BCUT2D eigenvalue weighted by molar-refractivity contribution is 0.269. The number of aromatic nitrogens is 1. The number of hydrogen-bond donors (Lipinski definition) is 1. The summed E-state index contributed by atoms with van der Waals surface area (Å²) in [6.45, 7) is 9.24. The van der Waals surface area contributed by atoms with Gasteiger partial charge in [0.25, 0.3) is 0 Å². The van der Waals surface area contributed by atoms with E-state index in [4.69, 9.17) is 11.6 Å². The molecule has 0 fully saturated rings. The minimum atomic E-state index is -0.410. The Labute approximate surface area is 101 Å². The Hall–Kier alpha value is -0.830. The highest BCUT2D eigenvalue weighted by molar-refractivity contribution is 6.30. The van der Waals surface area contributed by atoms with Gasteiger partial charge in [0.2, 0.25) is 0 Å². The average Bonchev–Trinajstić information content (AvgIpc) is 2.16. The number of hydrogen-bond acceptors (Lipinski definition) is 2. The highest BCUT2D eigenvalue weighted by Crippen LogP contribution is 2.26. The molecule has 90 valence electrons. The molecule has 1 N–H and O–H groups in total. The number of anilines is 1. The molecule has 1 rings (SSSR count). The van der Waals surface area contributed by atoms with Crippen LogP contribution < -0.4 is 5.32 Å². The van der Waals surface area contributed by atoms with Gasteiger partial charge >= 0.3 is 0 Å². The third-order valence-electron chi connectivity index (χ3n) is 3.08. The van der Waals surface area contributed by atoms with E-state index < -0.39 is 5.82 Å². The van der Waals surface area contributed by atoms with E-state index in [2.05, 4.69) is 38.0 Å². The standard InChI is InChI=1S/C12H18ClFN2/c1-8(2)12(3,4)7-16-11-10(14)5-9(13)6-15-11/h5-6,8H,7H2,1-4H3,(H,15,16). The van der Waals surface area contributed by atoms with Crippen LogP contribution in [0.2, 0.25) is 5.02 Å². The Bertz CT molecular complexity index is 364. The summed E-state index contributed by atoms with van der Waals surface area (Å²) in [5.74, 6) is 0.362. The number of halogens is 2. The second kappa shape index (κ2) is 5.00. The average molecular weight is 245 g/mol. The van der Waals surface area contributed by atoms with Crippen LogP contribution in [0.1, 0.15) is 27.7 Å². The maximum absolute atomic E-state index is 13.4. The van der Waals surface area contributed by atoms with Gasteiger partial charge in [0.1, 0.15) is 0 Å². The lowest BCUT2D eigenvalue weighted by Crippen LogP contribution is -2.29. The first-order valence-electron chi connectivity index (χ1n) is 5.38. The van der Waals surface area contributed by atoms with E-state index in [9.17, 15) is 4.39 Å². The summed E-state index contributed by atoms with van der Waals surface area (Å²) in [5.41, 5.74) is 0.0910. The molecule has 0 unspecified atom stereocenters. The van der Waals surface area contributed by atoms with E-state index in [-0.39, 0.29) is 11.2 Å². The second-order valence-electron chi connectivity index (χ2n) is 4.98. The molecule has 0 aliphatic carbocycles. The van der Waals surface area contributed by atoms with Gasteiger partial charge < -0.3 is 5.32 Å². The molecule has 0 radical (unpaired) electrons. The van der Waals surface area contributed by atoms with E-state index in [1.54, 1.807) is 0 Å². The zero-order chi connectivity index (χ0) is 12.3. The van der Waals surface area contributed by atoms with Crippen molar-refractivity contribution >= 4 is 17.4 Å². The summed E-state index contributed by atoms with van der Waals surface area (Å²) in [7, 11) is 0. The van der Waals surface area contributed by atoms with Crippen LogP contribution >= 0.6 is 11.6 Å². The SMILES string of the molecule is CC(C)C(C)(C)CNc1ncc(Cl)cc1F. The van der Waals surface area contributed by atoms with Crippen LogP contribution in [0.5, 0.6) is 0 Å². The Morgan fingerprint density at radius 2 is 2.12 bits per heavy atom. The Morgan fingerprint density at radius 3 is 2.62 bits per heavy atom. The van der Waals surface area contributed by atoms with Gasteiger partial charge in [0.15, 0.2) is 11.6 Å². The molecule has 0 bridgehead atoms. The fraction of sp³-hybridized carbons (Fsp3) is 0.583. The molecular formula is C12H18ClFN2. The topological polar surface area (TPSA) is 24.9 Å². The fourth-order valence-electron chi connectivity index (χ4n) is 1.06. The summed E-state index contributed by atoms with van der Waals surface area (Å²) in [4.78, 5) is 3.92. The normalized spacial score (nSPS) is 11.9. The zero-order valence-corrected chi connectivity index (χ0v) is 10.9. The molecule has 0 aromatic carbocycles. The molecule has 16 heavy (non-hydrogen) atoms. The van der Waals surface area contributed by atoms with Crippen molar-refractivity contribution < 1.29 is 4.39 Å². The van der Waals surface area contributed by atoms with Crippen molar-refractivity contribution in [1.29, 1.82) is 0 Å². The summed E-state index contributed by atoms with van der Waals surface area (Å²) in [6.07, 6.45) is 1.44. The van der Waals surface area contributed by atoms with Crippen LogP contribution in [-0.4, -0.2) is 11.5 Å². The minimum Gasteiger partial charge on any atom is -0.367 e. The first-order chi connectivity index (χ1) is 7.33. The largest absolute Gasteiger partial charge is 0.367 e. The van der Waals surface area contributed by atoms with Crippen molar-refractivity contribution in [2.24, 2.45) is 11.3 Å². The van der Waals surface area contributed by atoms with Crippen LogP contribution in [0.15, 0.2) is 12.3 Å². The molecule has 4 heteroatoms. The number of nitrogens with one attached hydrogen (secondary N) is 1. The van der Waals surface area contributed by atoms with E-state index in [1.807, 2.05) is 0 Å². The van der Waals surface area contributed by atoms with Crippen molar-refractivity contribution in [3.63, 3.8) is 0 Å². The van der Waals surface area contributed by atoms with Gasteiger partial charge in [-0.25, -0.2) is 9.37 Å². The molecular weight excluding hydrogens is 227 g/mol. The van der Waals surface area contributed by atoms with Gasteiger partial charge in [-0.3, -0.25) is 0 Å². The maximum Gasteiger partial charge on any atom is 0.166 e. The first kappa shape index (κ1) is 13.2. The third kappa shape index (κ3) is 3.34.